The van der Waals surface area contributed by atoms with Crippen LogP contribution in [0.2, 0.25) is 0 Å². The van der Waals surface area contributed by atoms with Crippen molar-refractivity contribution in [2.75, 3.05) is 39.7 Å². The summed E-state index contributed by atoms with van der Waals surface area (Å²) in [5, 5.41) is 6.47. The van der Waals surface area contributed by atoms with Gasteiger partial charge in [0.05, 0.1) is 48.6 Å². The third-order valence-corrected chi connectivity index (χ3v) is 8.35. The van der Waals surface area contributed by atoms with Crippen LogP contribution in [-0.2, 0) is 16.7 Å². The number of imidazole rings is 1. The van der Waals surface area contributed by atoms with Crippen LogP contribution in [0.3, 0.4) is 0 Å². The van der Waals surface area contributed by atoms with Gasteiger partial charge in [-0.15, -0.1) is 0 Å². The summed E-state index contributed by atoms with van der Waals surface area (Å²) in [7, 11) is 5.86. The lowest BCUT2D eigenvalue weighted by Gasteiger charge is -2.24. The Morgan fingerprint density at radius 1 is 1.24 bits per heavy atom. The molecule has 3 aliphatic rings. The van der Waals surface area contributed by atoms with Crippen molar-refractivity contribution in [1.29, 1.82) is 0 Å². The number of methoxy groups -OCH3 is 1. The van der Waals surface area contributed by atoms with Gasteiger partial charge in [-0.2, -0.15) is 0 Å². The SMILES string of the molecule is COc1ccn2c(-c3ccc(Nc4ccc5c(n4)C(N(C)C)CC54CCOC4)c4c3CNC4=O)cnc2c1. The standard InChI is InChI=1S/C29H30N6O3/c1-34(2)22-13-29(9-11-38-16-29)20-5-7-24(33-27(20)22)32-21-6-4-18(19-14-31-28(36)26(19)21)23-15-30-25-12-17(37-3)8-10-35(23)25/h4-8,10,12,15,22H,9,11,13-14,16H2,1-3H3,(H,31,36)(H,32,33). The van der Waals surface area contributed by atoms with E-state index in [1.807, 2.05) is 41.1 Å². The predicted octanol–water partition coefficient (Wildman–Crippen LogP) is 4.06. The summed E-state index contributed by atoms with van der Waals surface area (Å²) >= 11 is 0. The van der Waals surface area contributed by atoms with Crippen LogP contribution in [0.4, 0.5) is 11.5 Å². The van der Waals surface area contributed by atoms with Crippen LogP contribution >= 0.6 is 0 Å². The highest BCUT2D eigenvalue weighted by atomic mass is 16.5. The van der Waals surface area contributed by atoms with E-state index >= 15 is 0 Å². The predicted molar refractivity (Wildman–Crippen MR) is 144 cm³/mol. The molecule has 38 heavy (non-hydrogen) atoms. The molecule has 5 heterocycles. The number of carbonyl (C=O) groups is 1. The zero-order valence-electron chi connectivity index (χ0n) is 21.7. The maximum absolute atomic E-state index is 13.0. The summed E-state index contributed by atoms with van der Waals surface area (Å²) in [5.41, 5.74) is 7.48. The van der Waals surface area contributed by atoms with Gasteiger partial charge in [-0.3, -0.25) is 9.20 Å². The Hall–Kier alpha value is -3.95. The van der Waals surface area contributed by atoms with Crippen LogP contribution in [0.1, 0.15) is 46.1 Å². The Labute approximate surface area is 220 Å². The summed E-state index contributed by atoms with van der Waals surface area (Å²) in [5.74, 6) is 1.40. The van der Waals surface area contributed by atoms with Crippen LogP contribution in [0.15, 0.2) is 48.8 Å². The number of nitrogens with one attached hydrogen (secondary N) is 2. The molecule has 7 rings (SSSR count). The minimum absolute atomic E-state index is 0.0522. The molecule has 0 bridgehead atoms. The lowest BCUT2D eigenvalue weighted by molar-refractivity contribution is 0.0966. The van der Waals surface area contributed by atoms with Gasteiger partial charge in [0.2, 0.25) is 0 Å². The number of carbonyl (C=O) groups excluding carboxylic acids is 1. The van der Waals surface area contributed by atoms with Crippen molar-refractivity contribution >= 4 is 23.1 Å². The van der Waals surface area contributed by atoms with E-state index in [-0.39, 0.29) is 17.4 Å². The fourth-order valence-electron chi connectivity index (χ4n) is 6.35. The van der Waals surface area contributed by atoms with E-state index in [0.717, 1.165) is 71.5 Å². The van der Waals surface area contributed by atoms with E-state index in [0.29, 0.717) is 12.1 Å². The number of hydrogen-bond donors (Lipinski definition) is 2. The first-order valence-electron chi connectivity index (χ1n) is 13.0. The van der Waals surface area contributed by atoms with Crippen molar-refractivity contribution in [3.8, 4) is 17.0 Å². The van der Waals surface area contributed by atoms with Crippen molar-refractivity contribution in [3.63, 3.8) is 0 Å². The second-order valence-electron chi connectivity index (χ2n) is 10.7. The van der Waals surface area contributed by atoms with Gasteiger partial charge in [-0.1, -0.05) is 12.1 Å². The van der Waals surface area contributed by atoms with Crippen molar-refractivity contribution in [1.82, 2.24) is 24.6 Å². The molecule has 0 radical (unpaired) electrons. The van der Waals surface area contributed by atoms with Gasteiger partial charge >= 0.3 is 0 Å². The fourth-order valence-corrected chi connectivity index (χ4v) is 6.35. The highest BCUT2D eigenvalue weighted by Crippen LogP contribution is 2.50. The second-order valence-corrected chi connectivity index (χ2v) is 10.7. The van der Waals surface area contributed by atoms with E-state index in [9.17, 15) is 4.79 Å². The minimum Gasteiger partial charge on any atom is -0.497 e. The Bertz CT molecular complexity index is 1590. The molecular formula is C29H30N6O3. The van der Waals surface area contributed by atoms with E-state index in [1.54, 1.807) is 7.11 Å². The zero-order chi connectivity index (χ0) is 26.0. The number of amides is 1. The van der Waals surface area contributed by atoms with Crippen LogP contribution < -0.4 is 15.4 Å². The van der Waals surface area contributed by atoms with Crippen LogP contribution in [-0.4, -0.2) is 59.6 Å². The second kappa shape index (κ2) is 8.54. The summed E-state index contributed by atoms with van der Waals surface area (Å²) in [6.45, 7) is 2.02. The average Bonchev–Trinajstić information content (AvgIpc) is 3.71. The first-order chi connectivity index (χ1) is 18.5. The Morgan fingerprint density at radius 3 is 2.92 bits per heavy atom. The van der Waals surface area contributed by atoms with Gasteiger partial charge in [-0.25, -0.2) is 9.97 Å². The Morgan fingerprint density at radius 2 is 2.13 bits per heavy atom. The molecule has 194 valence electrons. The molecule has 2 unspecified atom stereocenters. The topological polar surface area (TPSA) is 93.0 Å². The van der Waals surface area contributed by atoms with E-state index in [4.69, 9.17) is 14.5 Å². The number of fused-ring (bicyclic) bond motifs is 4. The van der Waals surface area contributed by atoms with Crippen molar-refractivity contribution < 1.29 is 14.3 Å². The first kappa shape index (κ1) is 23.2. The number of anilines is 2. The maximum atomic E-state index is 13.0. The molecule has 1 amide bonds. The van der Waals surface area contributed by atoms with Crippen molar-refractivity contribution in [3.05, 3.63) is 71.2 Å². The molecule has 0 saturated carbocycles. The van der Waals surface area contributed by atoms with E-state index in [2.05, 4.69) is 46.7 Å². The molecule has 1 aromatic carbocycles. The molecule has 9 nitrogen and oxygen atoms in total. The van der Waals surface area contributed by atoms with E-state index < -0.39 is 0 Å². The van der Waals surface area contributed by atoms with Crippen molar-refractivity contribution in [2.24, 2.45) is 0 Å². The number of hydrogen-bond acceptors (Lipinski definition) is 7. The third-order valence-electron chi connectivity index (χ3n) is 8.35. The molecular weight excluding hydrogens is 480 g/mol. The molecule has 2 atom stereocenters. The quantitative estimate of drug-likeness (QED) is 0.418. The molecule has 1 aliphatic carbocycles. The summed E-state index contributed by atoms with van der Waals surface area (Å²) in [6, 6.07) is 12.3. The summed E-state index contributed by atoms with van der Waals surface area (Å²) in [6.07, 6.45) is 5.83. The third kappa shape index (κ3) is 3.42. The van der Waals surface area contributed by atoms with Crippen LogP contribution in [0, 0.1) is 0 Å². The molecule has 2 N–H and O–H groups in total. The first-order valence-corrected chi connectivity index (χ1v) is 13.0. The summed E-state index contributed by atoms with van der Waals surface area (Å²) in [4.78, 5) is 24.9. The number of benzene rings is 1. The smallest absolute Gasteiger partial charge is 0.254 e. The van der Waals surface area contributed by atoms with Crippen molar-refractivity contribution in [2.45, 2.75) is 30.8 Å². The number of aromatic nitrogens is 3. The lowest BCUT2D eigenvalue weighted by atomic mass is 9.81. The normalized spacial score (nSPS) is 21.8. The monoisotopic (exact) mass is 510 g/mol. The van der Waals surface area contributed by atoms with Gasteiger partial charge in [0.15, 0.2) is 0 Å². The zero-order valence-corrected chi connectivity index (χ0v) is 21.7. The van der Waals surface area contributed by atoms with Gasteiger partial charge in [-0.05, 0) is 56.3 Å². The Kier molecular flexibility index (Phi) is 5.21. The molecule has 1 fully saturated rings. The van der Waals surface area contributed by atoms with Crippen LogP contribution in [0.25, 0.3) is 16.9 Å². The molecule has 9 heteroatoms. The molecule has 1 spiro atoms. The molecule has 4 aromatic rings. The van der Waals surface area contributed by atoms with E-state index in [1.165, 1.54) is 5.56 Å². The molecule has 3 aromatic heterocycles. The fraction of sp³-hybridized carbons (Fsp3) is 0.345. The number of ether oxygens (including phenoxy) is 2. The van der Waals surface area contributed by atoms with Crippen LogP contribution in [0.5, 0.6) is 5.75 Å². The number of pyridine rings is 2. The van der Waals surface area contributed by atoms with Gasteiger partial charge in [0.1, 0.15) is 17.2 Å². The maximum Gasteiger partial charge on any atom is 0.254 e. The van der Waals surface area contributed by atoms with Gasteiger partial charge in [0.25, 0.3) is 5.91 Å². The number of rotatable bonds is 5. The van der Waals surface area contributed by atoms with Gasteiger partial charge in [0, 0.05) is 36.4 Å². The number of nitrogens with zero attached hydrogens (tertiary/aromatic N) is 4. The Balaban J connectivity index is 1.27. The largest absolute Gasteiger partial charge is 0.497 e. The highest BCUT2D eigenvalue weighted by Gasteiger charge is 2.48. The average molecular weight is 511 g/mol. The lowest BCUT2D eigenvalue weighted by Crippen LogP contribution is -2.25. The molecule has 2 aliphatic heterocycles. The van der Waals surface area contributed by atoms with Gasteiger partial charge < -0.3 is 25.0 Å². The highest BCUT2D eigenvalue weighted by molar-refractivity contribution is 6.06. The minimum atomic E-state index is -0.0887. The molecule has 1 saturated heterocycles. The summed E-state index contributed by atoms with van der Waals surface area (Å²) < 4.78 is 13.2.